The maximum atomic E-state index is 14.0. The highest BCUT2D eigenvalue weighted by molar-refractivity contribution is 9.11. The van der Waals surface area contributed by atoms with Gasteiger partial charge in [-0.05, 0) is 36.8 Å². The van der Waals surface area contributed by atoms with Gasteiger partial charge >= 0.3 is 0 Å². The van der Waals surface area contributed by atoms with Crippen molar-refractivity contribution < 1.29 is 13.5 Å². The standard InChI is InChI=1S/C15H11Br3F2O/c1-2-21-9-3-4-10(11(17)7-9)15(18)14-12(19)5-8(16)6-13(14)20/h3-7,15H,2H2,1H3. The molecule has 112 valence electrons. The van der Waals surface area contributed by atoms with Crippen LogP contribution in [-0.2, 0) is 0 Å². The van der Waals surface area contributed by atoms with Crippen LogP contribution in [0.1, 0.15) is 22.9 Å². The van der Waals surface area contributed by atoms with Gasteiger partial charge in [-0.1, -0.05) is 53.9 Å². The van der Waals surface area contributed by atoms with E-state index in [-0.39, 0.29) is 5.56 Å². The van der Waals surface area contributed by atoms with Crippen LogP contribution in [0.5, 0.6) is 5.75 Å². The van der Waals surface area contributed by atoms with Gasteiger partial charge in [0, 0.05) is 14.5 Å². The molecule has 1 unspecified atom stereocenters. The summed E-state index contributed by atoms with van der Waals surface area (Å²) in [7, 11) is 0. The van der Waals surface area contributed by atoms with Crippen molar-refractivity contribution >= 4 is 47.8 Å². The van der Waals surface area contributed by atoms with E-state index in [9.17, 15) is 8.78 Å². The third kappa shape index (κ3) is 3.85. The molecule has 0 spiro atoms. The molecule has 2 rings (SSSR count). The second-order valence-electron chi connectivity index (χ2n) is 4.26. The Labute approximate surface area is 147 Å². The first-order valence-corrected chi connectivity index (χ1v) is 8.65. The molecule has 0 N–H and O–H groups in total. The van der Waals surface area contributed by atoms with E-state index in [1.807, 2.05) is 6.92 Å². The van der Waals surface area contributed by atoms with Crippen LogP contribution in [0.25, 0.3) is 0 Å². The van der Waals surface area contributed by atoms with Crippen LogP contribution in [0.2, 0.25) is 0 Å². The van der Waals surface area contributed by atoms with Crippen molar-refractivity contribution in [2.45, 2.75) is 11.8 Å². The molecule has 0 aliphatic rings. The third-order valence-electron chi connectivity index (χ3n) is 2.85. The molecule has 0 aliphatic heterocycles. The highest BCUT2D eigenvalue weighted by Gasteiger charge is 2.22. The number of hydrogen-bond donors (Lipinski definition) is 0. The zero-order valence-corrected chi connectivity index (χ0v) is 15.7. The lowest BCUT2D eigenvalue weighted by molar-refractivity contribution is 0.340. The molecule has 0 aromatic heterocycles. The summed E-state index contributed by atoms with van der Waals surface area (Å²) in [6, 6.07) is 7.81. The molecule has 0 fully saturated rings. The summed E-state index contributed by atoms with van der Waals surface area (Å²) >= 11 is 9.86. The normalized spacial score (nSPS) is 12.3. The topological polar surface area (TPSA) is 9.23 Å². The molecule has 0 saturated carbocycles. The molecule has 0 aliphatic carbocycles. The minimum Gasteiger partial charge on any atom is -0.494 e. The molecule has 0 amide bonds. The fourth-order valence-electron chi connectivity index (χ4n) is 1.92. The van der Waals surface area contributed by atoms with Crippen LogP contribution < -0.4 is 4.74 Å². The molecular weight excluding hydrogens is 474 g/mol. The van der Waals surface area contributed by atoms with E-state index in [1.165, 1.54) is 12.1 Å². The molecule has 21 heavy (non-hydrogen) atoms. The fourth-order valence-corrected chi connectivity index (χ4v) is 4.05. The average molecular weight is 485 g/mol. The van der Waals surface area contributed by atoms with E-state index in [0.29, 0.717) is 16.8 Å². The van der Waals surface area contributed by atoms with E-state index in [4.69, 9.17) is 4.74 Å². The summed E-state index contributed by atoms with van der Waals surface area (Å²) < 4.78 is 34.6. The maximum absolute atomic E-state index is 14.0. The van der Waals surface area contributed by atoms with Gasteiger partial charge in [0.1, 0.15) is 17.4 Å². The second-order valence-corrected chi connectivity index (χ2v) is 6.95. The Bertz CT molecular complexity index is 638. The molecular formula is C15H11Br3F2O. The van der Waals surface area contributed by atoms with Crippen molar-refractivity contribution in [2.75, 3.05) is 6.61 Å². The smallest absolute Gasteiger partial charge is 0.131 e. The lowest BCUT2D eigenvalue weighted by Crippen LogP contribution is -2.02. The highest BCUT2D eigenvalue weighted by Crippen LogP contribution is 2.39. The molecule has 0 heterocycles. The lowest BCUT2D eigenvalue weighted by atomic mass is 10.0. The zero-order chi connectivity index (χ0) is 15.6. The largest absolute Gasteiger partial charge is 0.494 e. The minimum absolute atomic E-state index is 0.0249. The summed E-state index contributed by atoms with van der Waals surface area (Å²) in [6.45, 7) is 2.45. The van der Waals surface area contributed by atoms with Gasteiger partial charge < -0.3 is 4.74 Å². The summed E-state index contributed by atoms with van der Waals surface area (Å²) in [4.78, 5) is -0.601. The number of rotatable bonds is 4. The van der Waals surface area contributed by atoms with E-state index >= 15 is 0 Å². The zero-order valence-electron chi connectivity index (χ0n) is 11.0. The van der Waals surface area contributed by atoms with Crippen LogP contribution in [0.4, 0.5) is 8.78 Å². The van der Waals surface area contributed by atoms with Gasteiger partial charge in [-0.15, -0.1) is 0 Å². The van der Waals surface area contributed by atoms with Gasteiger partial charge in [-0.3, -0.25) is 0 Å². The highest BCUT2D eigenvalue weighted by atomic mass is 79.9. The Morgan fingerprint density at radius 1 is 1.10 bits per heavy atom. The molecule has 2 aromatic carbocycles. The van der Waals surface area contributed by atoms with Crippen molar-refractivity contribution in [2.24, 2.45) is 0 Å². The summed E-state index contributed by atoms with van der Waals surface area (Å²) in [5.41, 5.74) is 0.696. The van der Waals surface area contributed by atoms with E-state index in [1.54, 1.807) is 18.2 Å². The lowest BCUT2D eigenvalue weighted by Gasteiger charge is -2.16. The van der Waals surface area contributed by atoms with Gasteiger partial charge in [0.2, 0.25) is 0 Å². The minimum atomic E-state index is -0.607. The van der Waals surface area contributed by atoms with Crippen molar-refractivity contribution in [1.82, 2.24) is 0 Å². The summed E-state index contributed by atoms with van der Waals surface area (Å²) in [6.07, 6.45) is 0. The van der Waals surface area contributed by atoms with Gasteiger partial charge in [-0.2, -0.15) is 0 Å². The number of hydrogen-bond acceptors (Lipinski definition) is 1. The van der Waals surface area contributed by atoms with E-state index < -0.39 is 16.5 Å². The predicted octanol–water partition coefficient (Wildman–Crippen LogP) is 6.37. The third-order valence-corrected chi connectivity index (χ3v) is 4.95. The van der Waals surface area contributed by atoms with Crippen LogP contribution in [0.15, 0.2) is 39.3 Å². The Balaban J connectivity index is 2.43. The van der Waals surface area contributed by atoms with Crippen LogP contribution in [0.3, 0.4) is 0 Å². The molecule has 1 atom stereocenters. The molecule has 0 bridgehead atoms. The SMILES string of the molecule is CCOc1ccc(C(Br)c2c(F)cc(Br)cc2F)c(Br)c1. The number of halogens is 5. The summed E-state index contributed by atoms with van der Waals surface area (Å²) in [5, 5.41) is 0. The predicted molar refractivity (Wildman–Crippen MR) is 90.1 cm³/mol. The first-order valence-electron chi connectivity index (χ1n) is 6.14. The Kier molecular flexibility index (Phi) is 5.80. The second kappa shape index (κ2) is 7.20. The van der Waals surface area contributed by atoms with Crippen LogP contribution >= 0.6 is 47.8 Å². The monoisotopic (exact) mass is 482 g/mol. The van der Waals surface area contributed by atoms with Crippen molar-refractivity contribution in [3.8, 4) is 5.75 Å². The van der Waals surface area contributed by atoms with Gasteiger partial charge in [0.25, 0.3) is 0 Å². The maximum Gasteiger partial charge on any atom is 0.131 e. The van der Waals surface area contributed by atoms with Gasteiger partial charge in [0.05, 0.1) is 11.4 Å². The Morgan fingerprint density at radius 3 is 2.24 bits per heavy atom. The van der Waals surface area contributed by atoms with Crippen LogP contribution in [0, 0.1) is 11.6 Å². The van der Waals surface area contributed by atoms with E-state index in [0.717, 1.165) is 10.0 Å². The molecule has 2 aromatic rings. The van der Waals surface area contributed by atoms with Gasteiger partial charge in [-0.25, -0.2) is 8.78 Å². The van der Waals surface area contributed by atoms with Crippen molar-refractivity contribution in [3.05, 3.63) is 62.0 Å². The average Bonchev–Trinajstić information content (AvgIpc) is 2.37. The molecule has 0 saturated heterocycles. The van der Waals surface area contributed by atoms with E-state index in [2.05, 4.69) is 47.8 Å². The quantitative estimate of drug-likeness (QED) is 0.458. The first kappa shape index (κ1) is 16.9. The molecule has 6 heteroatoms. The van der Waals surface area contributed by atoms with Gasteiger partial charge in [0.15, 0.2) is 0 Å². The number of alkyl halides is 1. The number of ether oxygens (including phenoxy) is 1. The summed E-state index contributed by atoms with van der Waals surface area (Å²) in [5.74, 6) is -0.515. The Morgan fingerprint density at radius 2 is 1.71 bits per heavy atom. The Hall–Kier alpha value is -0.460. The first-order chi connectivity index (χ1) is 9.93. The molecule has 1 nitrogen and oxygen atoms in total. The van der Waals surface area contributed by atoms with Crippen molar-refractivity contribution in [1.29, 1.82) is 0 Å². The number of benzene rings is 2. The van der Waals surface area contributed by atoms with Crippen molar-refractivity contribution in [3.63, 3.8) is 0 Å². The fraction of sp³-hybridized carbons (Fsp3) is 0.200. The van der Waals surface area contributed by atoms with Crippen LogP contribution in [-0.4, -0.2) is 6.61 Å². The molecule has 0 radical (unpaired) electrons.